The second-order valence-electron chi connectivity index (χ2n) is 15.6. The summed E-state index contributed by atoms with van der Waals surface area (Å²) in [4.78, 5) is 7.21. The zero-order valence-electron chi connectivity index (χ0n) is 27.7. The van der Waals surface area contributed by atoms with Gasteiger partial charge in [0.1, 0.15) is 11.8 Å². The summed E-state index contributed by atoms with van der Waals surface area (Å²) in [7, 11) is 0. The highest BCUT2D eigenvalue weighted by Gasteiger charge is 2.48. The number of rotatable bonds is 7. The van der Waals surface area contributed by atoms with Gasteiger partial charge in [-0.05, 0) is 107 Å². The molecule has 1 atom stereocenters. The van der Waals surface area contributed by atoms with E-state index in [4.69, 9.17) is 16.7 Å². The molecule has 8 nitrogen and oxygen atoms in total. The van der Waals surface area contributed by atoms with Crippen LogP contribution in [0.25, 0.3) is 10.9 Å². The number of piperidine rings is 1. The molecule has 0 amide bonds. The Morgan fingerprint density at radius 1 is 0.979 bits per heavy atom. The third-order valence-electron chi connectivity index (χ3n) is 11.6. The van der Waals surface area contributed by atoms with Gasteiger partial charge in [0.15, 0.2) is 0 Å². The molecule has 4 aromatic rings. The summed E-state index contributed by atoms with van der Waals surface area (Å²) in [5, 5.41) is 28.7. The van der Waals surface area contributed by atoms with E-state index in [-0.39, 0.29) is 11.6 Å². The second-order valence-corrected chi connectivity index (χ2v) is 16.0. The van der Waals surface area contributed by atoms with E-state index in [9.17, 15) is 5.26 Å². The van der Waals surface area contributed by atoms with E-state index in [1.54, 1.807) is 6.20 Å². The van der Waals surface area contributed by atoms with E-state index in [1.165, 1.54) is 32.1 Å². The van der Waals surface area contributed by atoms with Gasteiger partial charge in [0.05, 0.1) is 40.1 Å². The van der Waals surface area contributed by atoms with Crippen molar-refractivity contribution >= 4 is 33.9 Å². The van der Waals surface area contributed by atoms with Crippen LogP contribution in [0.5, 0.6) is 0 Å². The molecule has 0 unspecified atom stereocenters. The number of nitrogens with one attached hydrogen (secondary N) is 2. The molecule has 5 aliphatic rings. The Bertz CT molecular complexity index is 1770. The number of anilines is 2. The average Bonchev–Trinajstić information content (AvgIpc) is 3.55. The van der Waals surface area contributed by atoms with Crippen molar-refractivity contribution in [3.63, 3.8) is 0 Å². The molecule has 0 radical (unpaired) electrons. The Morgan fingerprint density at radius 2 is 1.68 bits per heavy atom. The maximum Gasteiger partial charge on any atom is 0.109 e. The number of hydrogen-bond acceptors (Lipinski definition) is 7. The summed E-state index contributed by atoms with van der Waals surface area (Å²) >= 11 is 6.97. The lowest BCUT2D eigenvalue weighted by Gasteiger charge is -2.54. The maximum absolute atomic E-state index is 10.2. The third-order valence-corrected chi connectivity index (χ3v) is 11.9. The number of likely N-dealkylation sites (tertiary alicyclic amines) is 1. The van der Waals surface area contributed by atoms with Crippen LogP contribution in [0.3, 0.4) is 0 Å². The van der Waals surface area contributed by atoms with Gasteiger partial charge in [-0.3, -0.25) is 9.88 Å². The number of pyridine rings is 1. The number of aromatic nitrogens is 4. The number of hydrogen-bond donors (Lipinski definition) is 2. The van der Waals surface area contributed by atoms with Gasteiger partial charge in [-0.15, -0.1) is 5.10 Å². The molecular weight excluding hydrogens is 604 g/mol. The monoisotopic (exact) mass is 648 g/mol. The molecule has 244 valence electrons. The fourth-order valence-electron chi connectivity index (χ4n) is 9.45. The summed E-state index contributed by atoms with van der Waals surface area (Å²) in [5.41, 5.74) is 5.14. The molecule has 9 rings (SSSR count). The molecule has 1 aliphatic heterocycles. The van der Waals surface area contributed by atoms with Crippen molar-refractivity contribution in [1.82, 2.24) is 24.9 Å². The van der Waals surface area contributed by atoms with Crippen molar-refractivity contribution < 1.29 is 0 Å². The highest BCUT2D eigenvalue weighted by Crippen LogP contribution is 2.54. The topological polar surface area (TPSA) is 94.7 Å². The molecule has 4 saturated carbocycles. The zero-order valence-corrected chi connectivity index (χ0v) is 28.4. The van der Waals surface area contributed by atoms with Gasteiger partial charge in [-0.25, -0.2) is 4.68 Å². The second kappa shape index (κ2) is 12.1. The van der Waals surface area contributed by atoms with Gasteiger partial charge in [0, 0.05) is 41.9 Å². The van der Waals surface area contributed by atoms with Crippen molar-refractivity contribution in [2.75, 3.05) is 23.7 Å². The molecule has 47 heavy (non-hydrogen) atoms. The van der Waals surface area contributed by atoms with E-state index in [0.29, 0.717) is 40.0 Å². The van der Waals surface area contributed by atoms with Crippen molar-refractivity contribution in [1.29, 1.82) is 5.26 Å². The van der Waals surface area contributed by atoms with Crippen LogP contribution >= 0.6 is 11.6 Å². The maximum atomic E-state index is 10.2. The lowest BCUT2D eigenvalue weighted by molar-refractivity contribution is 0.00757. The Hall–Kier alpha value is -3.67. The summed E-state index contributed by atoms with van der Waals surface area (Å²) in [6.45, 7) is 8.97. The Labute approximate surface area is 282 Å². The van der Waals surface area contributed by atoms with Crippen LogP contribution in [-0.4, -0.2) is 49.5 Å². The minimum absolute atomic E-state index is 0.177. The summed E-state index contributed by atoms with van der Waals surface area (Å²) in [6, 6.07) is 17.3. The van der Waals surface area contributed by atoms with Gasteiger partial charge in [0.2, 0.25) is 0 Å². The highest BCUT2D eigenvalue weighted by atomic mass is 35.5. The van der Waals surface area contributed by atoms with Gasteiger partial charge in [-0.2, -0.15) is 5.26 Å². The number of nitriles is 1. The van der Waals surface area contributed by atoms with Crippen LogP contribution in [0, 0.1) is 35.0 Å². The van der Waals surface area contributed by atoms with Crippen LogP contribution in [0.2, 0.25) is 5.02 Å². The fraction of sp³-hybridized carbons (Fsp3) is 0.526. The van der Waals surface area contributed by atoms with Crippen LogP contribution in [0.4, 0.5) is 11.4 Å². The predicted molar refractivity (Wildman–Crippen MR) is 187 cm³/mol. The van der Waals surface area contributed by atoms with E-state index < -0.39 is 0 Å². The number of nitrogens with zero attached hydrogens (tertiary/aromatic N) is 6. The Kier molecular flexibility index (Phi) is 7.89. The minimum atomic E-state index is -0.235. The van der Waals surface area contributed by atoms with Gasteiger partial charge < -0.3 is 10.6 Å². The molecule has 2 N–H and O–H groups in total. The average molecular weight is 649 g/mol. The van der Waals surface area contributed by atoms with Gasteiger partial charge >= 0.3 is 0 Å². The number of halogens is 1. The zero-order chi connectivity index (χ0) is 32.3. The van der Waals surface area contributed by atoms with Crippen LogP contribution in [-0.2, 0) is 0 Å². The van der Waals surface area contributed by atoms with Crippen LogP contribution < -0.4 is 10.6 Å². The SMILES string of the molecule is CC(C)(C)N1CCC(n2cc([C@@H](Nc3cc(Cl)c4ncc(C#N)c(NC5[C@H]6C[C@H]7C[C@H](C6)C[C@H]5C7)c4c3)c3ccccc3)nn2)CC1. The molecule has 3 heterocycles. The molecule has 1 saturated heterocycles. The Balaban J connectivity index is 1.11. The fourth-order valence-corrected chi connectivity index (χ4v) is 9.72. The van der Waals surface area contributed by atoms with Crippen molar-refractivity contribution in [3.8, 4) is 6.07 Å². The van der Waals surface area contributed by atoms with Crippen LogP contribution in [0.15, 0.2) is 54.9 Å². The largest absolute Gasteiger partial charge is 0.380 e. The first-order chi connectivity index (χ1) is 22.7. The number of benzene rings is 2. The first-order valence-electron chi connectivity index (χ1n) is 17.5. The molecule has 2 aromatic heterocycles. The van der Waals surface area contributed by atoms with Gasteiger partial charge in [0.25, 0.3) is 0 Å². The highest BCUT2D eigenvalue weighted by molar-refractivity contribution is 6.35. The first kappa shape index (κ1) is 30.7. The molecular formula is C38H45ClN8. The molecule has 5 fully saturated rings. The van der Waals surface area contributed by atoms with E-state index in [1.807, 2.05) is 12.1 Å². The molecule has 4 aliphatic carbocycles. The lowest BCUT2D eigenvalue weighted by atomic mass is 9.54. The van der Waals surface area contributed by atoms with Crippen molar-refractivity contribution in [2.24, 2.45) is 23.7 Å². The summed E-state index contributed by atoms with van der Waals surface area (Å²) in [5.74, 6) is 3.11. The first-order valence-corrected chi connectivity index (χ1v) is 17.9. The molecule has 9 heteroatoms. The smallest absolute Gasteiger partial charge is 0.109 e. The summed E-state index contributed by atoms with van der Waals surface area (Å²) in [6.07, 6.45) is 12.5. The molecule has 4 bridgehead atoms. The van der Waals surface area contributed by atoms with E-state index in [0.717, 1.165) is 65.8 Å². The van der Waals surface area contributed by atoms with Crippen LogP contribution in [0.1, 0.15) is 94.6 Å². The van der Waals surface area contributed by atoms with E-state index in [2.05, 4.69) is 93.8 Å². The van der Waals surface area contributed by atoms with E-state index >= 15 is 0 Å². The predicted octanol–water partition coefficient (Wildman–Crippen LogP) is 8.22. The molecule has 2 aromatic carbocycles. The minimum Gasteiger partial charge on any atom is -0.380 e. The normalized spacial score (nSPS) is 26.7. The van der Waals surface area contributed by atoms with Crippen molar-refractivity contribution in [2.45, 2.75) is 89.4 Å². The third kappa shape index (κ3) is 5.87. The standard InChI is InChI=1S/C38H45ClN8/c1-38(2,3)46-11-9-30(10-12-46)47-22-33(44-45-47)36(25-7-5-4-6-8-25)42-29-18-31-35(28(20-40)21-41-37(31)32(39)19-29)43-34-26-14-23-13-24(16-26)17-27(34)15-23/h4-8,18-19,21-24,26-27,30,34,36,42H,9-17H2,1-3H3,(H,41,43)/t23-,24-,26-,27+,34?,36-/m0/s1. The lowest BCUT2D eigenvalue weighted by Crippen LogP contribution is -2.51. The summed E-state index contributed by atoms with van der Waals surface area (Å²) < 4.78 is 2.07. The van der Waals surface area contributed by atoms with Crippen molar-refractivity contribution in [3.05, 3.63) is 76.7 Å². The van der Waals surface area contributed by atoms with Gasteiger partial charge in [-0.1, -0.05) is 47.1 Å². The molecule has 0 spiro atoms. The number of fused-ring (bicyclic) bond motifs is 1. The quantitative estimate of drug-likeness (QED) is 0.208. The Morgan fingerprint density at radius 3 is 2.34 bits per heavy atom.